The van der Waals surface area contributed by atoms with Crippen LogP contribution in [0.3, 0.4) is 0 Å². The van der Waals surface area contributed by atoms with Crippen LogP contribution in [0.5, 0.6) is 0 Å². The molecule has 31 heavy (non-hydrogen) atoms. The van der Waals surface area contributed by atoms with E-state index in [1.165, 1.54) is 16.9 Å². The van der Waals surface area contributed by atoms with Gasteiger partial charge in [0, 0.05) is 48.5 Å². The second-order valence-corrected chi connectivity index (χ2v) is 8.74. The van der Waals surface area contributed by atoms with Crippen molar-refractivity contribution in [3.05, 3.63) is 70.1 Å². The van der Waals surface area contributed by atoms with E-state index >= 15 is 0 Å². The van der Waals surface area contributed by atoms with E-state index in [2.05, 4.69) is 64.0 Å². The van der Waals surface area contributed by atoms with Crippen LogP contribution >= 0.6 is 11.3 Å². The predicted octanol–water partition coefficient (Wildman–Crippen LogP) is 4.10. The largest absolute Gasteiger partial charge is 0.321 e. The van der Waals surface area contributed by atoms with E-state index in [9.17, 15) is 4.79 Å². The van der Waals surface area contributed by atoms with Crippen LogP contribution in [0.4, 0.5) is 0 Å². The molecule has 160 valence electrons. The fourth-order valence-corrected chi connectivity index (χ4v) is 4.34. The molecule has 0 spiro atoms. The molecule has 0 aliphatic carbocycles. The first-order valence-corrected chi connectivity index (χ1v) is 11.3. The summed E-state index contributed by atoms with van der Waals surface area (Å²) in [6.45, 7) is 6.08. The summed E-state index contributed by atoms with van der Waals surface area (Å²) in [5.74, 6) is 0. The van der Waals surface area contributed by atoms with Crippen molar-refractivity contribution in [2.45, 2.75) is 13.5 Å². The van der Waals surface area contributed by atoms with Gasteiger partial charge in [0.15, 0.2) is 0 Å². The van der Waals surface area contributed by atoms with Gasteiger partial charge in [-0.15, -0.1) is 11.3 Å². The van der Waals surface area contributed by atoms with Crippen LogP contribution in [0.15, 0.2) is 59.0 Å². The second-order valence-electron chi connectivity index (χ2n) is 7.88. The zero-order valence-corrected chi connectivity index (χ0v) is 18.9. The molecule has 4 aromatic rings. The van der Waals surface area contributed by atoms with E-state index in [-0.39, 0.29) is 5.56 Å². The number of nitrogens with one attached hydrogen (secondary N) is 1. The molecule has 1 aromatic carbocycles. The lowest BCUT2D eigenvalue weighted by Gasteiger charge is -2.22. The molecule has 0 aliphatic rings. The van der Waals surface area contributed by atoms with E-state index < -0.39 is 0 Å². The minimum Gasteiger partial charge on any atom is -0.321 e. The summed E-state index contributed by atoms with van der Waals surface area (Å²) in [5, 5.41) is 3.82. The summed E-state index contributed by atoms with van der Waals surface area (Å²) < 4.78 is 0. The smallest absolute Gasteiger partial charge is 0.257 e. The molecular formula is C24H27N5OS. The van der Waals surface area contributed by atoms with E-state index in [1.54, 1.807) is 12.4 Å². The summed E-state index contributed by atoms with van der Waals surface area (Å²) in [7, 11) is 4.18. The highest BCUT2D eigenvalue weighted by molar-refractivity contribution is 7.13. The van der Waals surface area contributed by atoms with Crippen LogP contribution in [0.2, 0.25) is 0 Å². The molecule has 6 nitrogen and oxygen atoms in total. The van der Waals surface area contributed by atoms with Crippen LogP contribution < -0.4 is 5.56 Å². The summed E-state index contributed by atoms with van der Waals surface area (Å²) in [6.07, 6.45) is 3.49. The van der Waals surface area contributed by atoms with Gasteiger partial charge in [-0.1, -0.05) is 19.1 Å². The molecule has 0 radical (unpaired) electrons. The van der Waals surface area contributed by atoms with Crippen molar-refractivity contribution in [1.82, 2.24) is 24.8 Å². The minimum absolute atomic E-state index is 0.115. The number of likely N-dealkylation sites (N-methyl/N-ethyl adjacent to an activating group) is 2. The molecular weight excluding hydrogens is 406 g/mol. The zero-order chi connectivity index (χ0) is 21.8. The molecule has 3 heterocycles. The number of aromatic nitrogens is 3. The maximum absolute atomic E-state index is 12.8. The maximum Gasteiger partial charge on any atom is 0.257 e. The van der Waals surface area contributed by atoms with Crippen molar-refractivity contribution in [3.63, 3.8) is 0 Å². The van der Waals surface area contributed by atoms with Crippen LogP contribution in [0.25, 0.3) is 32.7 Å². The highest BCUT2D eigenvalue weighted by Crippen LogP contribution is 2.28. The number of hydrogen-bond donors (Lipinski definition) is 1. The topological polar surface area (TPSA) is 65.1 Å². The van der Waals surface area contributed by atoms with Crippen molar-refractivity contribution >= 4 is 22.2 Å². The molecule has 7 heteroatoms. The molecule has 0 fully saturated rings. The number of pyridine rings is 2. The van der Waals surface area contributed by atoms with Crippen molar-refractivity contribution < 1.29 is 0 Å². The number of rotatable bonds is 8. The Bertz CT molecular complexity index is 1220. The summed E-state index contributed by atoms with van der Waals surface area (Å²) in [6, 6.07) is 12.1. The van der Waals surface area contributed by atoms with Crippen LogP contribution in [-0.2, 0) is 6.54 Å². The number of hydrogen-bond acceptors (Lipinski definition) is 6. The third-order valence-electron chi connectivity index (χ3n) is 5.33. The zero-order valence-electron chi connectivity index (χ0n) is 18.1. The molecule has 3 aromatic heterocycles. The number of nitrogens with zero attached hydrogens (tertiary/aromatic N) is 4. The van der Waals surface area contributed by atoms with Gasteiger partial charge in [-0.2, -0.15) is 0 Å². The van der Waals surface area contributed by atoms with Gasteiger partial charge < -0.3 is 9.88 Å². The average molecular weight is 434 g/mol. The standard InChI is InChI=1S/C24H27N5OS/c1-4-29(12-11-28(2)3)15-17-5-6-19-14-20(23(30)26-21(19)13-17)22-16-31-24(27-22)18-7-9-25-10-8-18/h5-10,13-14,16H,4,11-12,15H2,1-3H3,(H,26,30). The molecule has 0 saturated carbocycles. The molecule has 0 unspecified atom stereocenters. The number of aromatic amines is 1. The fourth-order valence-electron chi connectivity index (χ4n) is 3.51. The SMILES string of the molecule is CCN(CCN(C)C)Cc1ccc2cc(-c3csc(-c4ccncc4)n3)c(=O)[nH]c2c1. The number of benzene rings is 1. The third kappa shape index (κ3) is 5.07. The Morgan fingerprint density at radius 1 is 1.06 bits per heavy atom. The lowest BCUT2D eigenvalue weighted by Crippen LogP contribution is -2.31. The monoisotopic (exact) mass is 433 g/mol. The van der Waals surface area contributed by atoms with Gasteiger partial charge >= 0.3 is 0 Å². The first-order valence-electron chi connectivity index (χ1n) is 10.4. The van der Waals surface area contributed by atoms with Crippen molar-refractivity contribution in [2.75, 3.05) is 33.7 Å². The highest BCUT2D eigenvalue weighted by Gasteiger charge is 2.12. The average Bonchev–Trinajstić information content (AvgIpc) is 3.26. The molecule has 0 aliphatic heterocycles. The molecule has 4 rings (SSSR count). The van der Waals surface area contributed by atoms with Gasteiger partial charge in [0.05, 0.1) is 11.3 Å². The Balaban J connectivity index is 1.59. The predicted molar refractivity (Wildman–Crippen MR) is 128 cm³/mol. The van der Waals surface area contributed by atoms with Crippen LogP contribution in [-0.4, -0.2) is 58.5 Å². The van der Waals surface area contributed by atoms with Gasteiger partial charge in [-0.25, -0.2) is 4.98 Å². The normalized spacial score (nSPS) is 11.6. The lowest BCUT2D eigenvalue weighted by atomic mass is 10.1. The Morgan fingerprint density at radius 3 is 2.61 bits per heavy atom. The van der Waals surface area contributed by atoms with Gasteiger partial charge in [0.1, 0.15) is 5.01 Å². The minimum atomic E-state index is -0.115. The third-order valence-corrected chi connectivity index (χ3v) is 6.23. The Labute approximate surface area is 186 Å². The summed E-state index contributed by atoms with van der Waals surface area (Å²) >= 11 is 1.53. The number of fused-ring (bicyclic) bond motifs is 1. The van der Waals surface area contributed by atoms with Crippen molar-refractivity contribution in [1.29, 1.82) is 0 Å². The van der Waals surface area contributed by atoms with Crippen molar-refractivity contribution in [3.8, 4) is 21.8 Å². The highest BCUT2D eigenvalue weighted by atomic mass is 32.1. The van der Waals surface area contributed by atoms with Gasteiger partial charge in [0.25, 0.3) is 5.56 Å². The first kappa shape index (κ1) is 21.4. The summed E-state index contributed by atoms with van der Waals surface area (Å²) in [4.78, 5) is 29.2. The van der Waals surface area contributed by atoms with E-state index in [4.69, 9.17) is 0 Å². The molecule has 0 atom stereocenters. The van der Waals surface area contributed by atoms with E-state index in [0.29, 0.717) is 11.3 Å². The van der Waals surface area contributed by atoms with E-state index in [1.807, 2.05) is 23.6 Å². The Morgan fingerprint density at radius 2 is 1.87 bits per heavy atom. The Hall–Kier alpha value is -2.87. The Kier molecular flexibility index (Phi) is 6.56. The molecule has 0 bridgehead atoms. The number of thiazole rings is 1. The lowest BCUT2D eigenvalue weighted by molar-refractivity contribution is 0.244. The van der Waals surface area contributed by atoms with Gasteiger partial charge in [-0.3, -0.25) is 14.7 Å². The fraction of sp³-hybridized carbons (Fsp3) is 0.292. The van der Waals surface area contributed by atoms with Gasteiger partial charge in [-0.05, 0) is 55.9 Å². The molecule has 0 saturated heterocycles. The first-order chi connectivity index (χ1) is 15.0. The van der Waals surface area contributed by atoms with Crippen molar-refractivity contribution in [2.24, 2.45) is 0 Å². The van der Waals surface area contributed by atoms with Crippen LogP contribution in [0, 0.1) is 0 Å². The maximum atomic E-state index is 12.8. The van der Waals surface area contributed by atoms with Crippen LogP contribution in [0.1, 0.15) is 12.5 Å². The molecule has 1 N–H and O–H groups in total. The van der Waals surface area contributed by atoms with E-state index in [0.717, 1.165) is 47.7 Å². The second kappa shape index (κ2) is 9.51. The molecule has 0 amide bonds. The van der Waals surface area contributed by atoms with Gasteiger partial charge in [0.2, 0.25) is 0 Å². The quantitative estimate of drug-likeness (QED) is 0.453. The number of H-pyrrole nitrogens is 1. The summed E-state index contributed by atoms with van der Waals surface area (Å²) in [5.41, 5.74) is 4.24.